The molecule has 1 aromatic carbocycles. The van der Waals surface area contributed by atoms with E-state index in [0.717, 1.165) is 17.5 Å². The average molecular weight is 247 g/mol. The van der Waals surface area contributed by atoms with Crippen LogP contribution in [0.25, 0.3) is 11.0 Å². The van der Waals surface area contributed by atoms with E-state index in [9.17, 15) is 4.79 Å². The van der Waals surface area contributed by atoms with E-state index in [0.29, 0.717) is 19.0 Å². The normalized spacial score (nSPS) is 10.7. The van der Waals surface area contributed by atoms with Crippen molar-refractivity contribution in [2.24, 2.45) is 0 Å². The predicted molar refractivity (Wildman–Crippen MR) is 69.3 cm³/mol. The number of benzene rings is 1. The van der Waals surface area contributed by atoms with Gasteiger partial charge in [-0.15, -0.1) is 0 Å². The van der Waals surface area contributed by atoms with Crippen LogP contribution in [0.4, 0.5) is 0 Å². The average Bonchev–Trinajstić information content (AvgIpc) is 2.76. The summed E-state index contributed by atoms with van der Waals surface area (Å²) in [5.74, 6) is 0.672. The lowest BCUT2D eigenvalue weighted by atomic mass is 10.3. The summed E-state index contributed by atoms with van der Waals surface area (Å²) in [6, 6.07) is 7.74. The fourth-order valence-corrected chi connectivity index (χ4v) is 1.75. The molecule has 0 aliphatic carbocycles. The van der Waals surface area contributed by atoms with Gasteiger partial charge in [-0.3, -0.25) is 4.79 Å². The summed E-state index contributed by atoms with van der Waals surface area (Å²) in [5, 5.41) is 2.83. The number of hydrogen-bond donors (Lipinski definition) is 2. The Kier molecular flexibility index (Phi) is 4.30. The number of carbonyl (C=O) groups excluding carboxylic acids is 1. The summed E-state index contributed by atoms with van der Waals surface area (Å²) >= 11 is 0. The van der Waals surface area contributed by atoms with Gasteiger partial charge in [-0.2, -0.15) is 0 Å². The number of aromatic amines is 1. The SMILES string of the molecule is COCCCNC(=O)Cc1nc2ccccc2[nH]1. The van der Waals surface area contributed by atoms with Gasteiger partial charge in [0.15, 0.2) is 0 Å². The van der Waals surface area contributed by atoms with E-state index in [-0.39, 0.29) is 12.3 Å². The molecular formula is C13H17N3O2. The quantitative estimate of drug-likeness (QED) is 0.755. The second-order valence-electron chi connectivity index (χ2n) is 4.07. The Labute approximate surface area is 106 Å². The molecule has 0 fully saturated rings. The highest BCUT2D eigenvalue weighted by Crippen LogP contribution is 2.10. The summed E-state index contributed by atoms with van der Waals surface area (Å²) in [7, 11) is 1.65. The number of para-hydroxylation sites is 2. The molecule has 0 saturated heterocycles. The molecule has 5 heteroatoms. The fourth-order valence-electron chi connectivity index (χ4n) is 1.75. The third kappa shape index (κ3) is 3.30. The van der Waals surface area contributed by atoms with Gasteiger partial charge in [-0.1, -0.05) is 12.1 Å². The lowest BCUT2D eigenvalue weighted by Gasteiger charge is -2.02. The van der Waals surface area contributed by atoms with Crippen molar-refractivity contribution in [1.29, 1.82) is 0 Å². The van der Waals surface area contributed by atoms with Crippen LogP contribution in [0, 0.1) is 0 Å². The van der Waals surface area contributed by atoms with Crippen LogP contribution >= 0.6 is 0 Å². The van der Waals surface area contributed by atoms with Crippen molar-refractivity contribution in [2.75, 3.05) is 20.3 Å². The second-order valence-corrected chi connectivity index (χ2v) is 4.07. The van der Waals surface area contributed by atoms with Gasteiger partial charge >= 0.3 is 0 Å². The van der Waals surface area contributed by atoms with Gasteiger partial charge in [0.2, 0.25) is 5.91 Å². The highest BCUT2D eigenvalue weighted by atomic mass is 16.5. The van der Waals surface area contributed by atoms with Crippen LogP contribution in [0.15, 0.2) is 24.3 Å². The Balaban J connectivity index is 1.86. The van der Waals surface area contributed by atoms with Gasteiger partial charge in [0.05, 0.1) is 17.5 Å². The van der Waals surface area contributed by atoms with Gasteiger partial charge in [0.25, 0.3) is 0 Å². The number of aromatic nitrogens is 2. The molecule has 0 atom stereocenters. The third-order valence-electron chi connectivity index (χ3n) is 2.61. The minimum absolute atomic E-state index is 0.0230. The van der Waals surface area contributed by atoms with Crippen LogP contribution in [0.2, 0.25) is 0 Å². The maximum Gasteiger partial charge on any atom is 0.227 e. The molecule has 0 aliphatic rings. The molecule has 1 amide bonds. The molecule has 0 saturated carbocycles. The smallest absolute Gasteiger partial charge is 0.227 e. The summed E-state index contributed by atoms with van der Waals surface area (Å²) < 4.78 is 4.91. The molecule has 0 spiro atoms. The number of methoxy groups -OCH3 is 1. The van der Waals surface area contributed by atoms with E-state index in [1.165, 1.54) is 0 Å². The Bertz CT molecular complexity index is 489. The van der Waals surface area contributed by atoms with E-state index in [1.807, 2.05) is 24.3 Å². The number of nitrogens with zero attached hydrogens (tertiary/aromatic N) is 1. The lowest BCUT2D eigenvalue weighted by molar-refractivity contribution is -0.120. The number of nitrogens with one attached hydrogen (secondary N) is 2. The lowest BCUT2D eigenvalue weighted by Crippen LogP contribution is -2.27. The third-order valence-corrected chi connectivity index (χ3v) is 2.61. The number of H-pyrrole nitrogens is 1. The Morgan fingerprint density at radius 1 is 1.44 bits per heavy atom. The highest BCUT2D eigenvalue weighted by molar-refractivity contribution is 5.80. The summed E-state index contributed by atoms with van der Waals surface area (Å²) in [6.07, 6.45) is 1.10. The van der Waals surface area contributed by atoms with Crippen molar-refractivity contribution >= 4 is 16.9 Å². The Hall–Kier alpha value is -1.88. The molecule has 2 rings (SSSR count). The van der Waals surface area contributed by atoms with Gasteiger partial charge in [0.1, 0.15) is 5.82 Å². The number of carbonyl (C=O) groups is 1. The number of amides is 1. The number of fused-ring (bicyclic) bond motifs is 1. The number of rotatable bonds is 6. The second kappa shape index (κ2) is 6.16. The van der Waals surface area contributed by atoms with Crippen molar-refractivity contribution in [3.05, 3.63) is 30.1 Å². The van der Waals surface area contributed by atoms with Crippen molar-refractivity contribution < 1.29 is 9.53 Å². The number of hydrogen-bond acceptors (Lipinski definition) is 3. The Morgan fingerprint density at radius 3 is 3.06 bits per heavy atom. The molecule has 0 bridgehead atoms. The number of ether oxygens (including phenoxy) is 1. The van der Waals surface area contributed by atoms with Crippen LogP contribution < -0.4 is 5.32 Å². The first kappa shape index (κ1) is 12.6. The highest BCUT2D eigenvalue weighted by Gasteiger charge is 2.07. The molecule has 0 radical (unpaired) electrons. The van der Waals surface area contributed by atoms with Crippen LogP contribution in [0.3, 0.4) is 0 Å². The molecule has 1 heterocycles. The van der Waals surface area contributed by atoms with Crippen molar-refractivity contribution in [2.45, 2.75) is 12.8 Å². The maximum absolute atomic E-state index is 11.6. The van der Waals surface area contributed by atoms with E-state index in [2.05, 4.69) is 15.3 Å². The van der Waals surface area contributed by atoms with E-state index >= 15 is 0 Å². The first-order valence-corrected chi connectivity index (χ1v) is 5.99. The summed E-state index contributed by atoms with van der Waals surface area (Å²) in [5.41, 5.74) is 1.85. The van der Waals surface area contributed by atoms with Gasteiger partial charge in [-0.25, -0.2) is 4.98 Å². The van der Waals surface area contributed by atoms with Gasteiger partial charge in [0, 0.05) is 20.3 Å². The maximum atomic E-state index is 11.6. The van der Waals surface area contributed by atoms with Gasteiger partial charge in [-0.05, 0) is 18.6 Å². The van der Waals surface area contributed by atoms with E-state index < -0.39 is 0 Å². The van der Waals surface area contributed by atoms with Crippen molar-refractivity contribution in [3.8, 4) is 0 Å². The summed E-state index contributed by atoms with van der Waals surface area (Å²) in [4.78, 5) is 19.1. The van der Waals surface area contributed by atoms with Crippen molar-refractivity contribution in [1.82, 2.24) is 15.3 Å². The largest absolute Gasteiger partial charge is 0.385 e. The van der Waals surface area contributed by atoms with E-state index in [4.69, 9.17) is 4.74 Å². The standard InChI is InChI=1S/C13H17N3O2/c1-18-8-4-7-14-13(17)9-12-15-10-5-2-3-6-11(10)16-12/h2-3,5-6H,4,7-9H2,1H3,(H,14,17)(H,15,16). The van der Waals surface area contributed by atoms with Gasteiger partial charge < -0.3 is 15.0 Å². The first-order valence-electron chi connectivity index (χ1n) is 5.99. The zero-order valence-electron chi connectivity index (χ0n) is 10.4. The molecule has 96 valence electrons. The molecule has 5 nitrogen and oxygen atoms in total. The van der Waals surface area contributed by atoms with Crippen molar-refractivity contribution in [3.63, 3.8) is 0 Å². The topological polar surface area (TPSA) is 67.0 Å². The van der Waals surface area contributed by atoms with E-state index in [1.54, 1.807) is 7.11 Å². The zero-order valence-corrected chi connectivity index (χ0v) is 10.4. The molecule has 2 N–H and O–H groups in total. The summed E-state index contributed by atoms with van der Waals surface area (Å²) in [6.45, 7) is 1.29. The first-order chi connectivity index (χ1) is 8.79. The number of imidazole rings is 1. The van der Waals surface area contributed by atoms with Crippen LogP contribution in [0.5, 0.6) is 0 Å². The van der Waals surface area contributed by atoms with Crippen LogP contribution in [-0.2, 0) is 16.0 Å². The predicted octanol–water partition coefficient (Wildman–Crippen LogP) is 1.26. The van der Waals surface area contributed by atoms with Crippen LogP contribution in [-0.4, -0.2) is 36.1 Å². The Morgan fingerprint density at radius 2 is 2.28 bits per heavy atom. The fraction of sp³-hybridized carbons (Fsp3) is 0.385. The van der Waals surface area contributed by atoms with Crippen LogP contribution in [0.1, 0.15) is 12.2 Å². The zero-order chi connectivity index (χ0) is 12.8. The minimum Gasteiger partial charge on any atom is -0.385 e. The molecule has 0 unspecified atom stereocenters. The molecule has 0 aliphatic heterocycles. The molecule has 2 aromatic rings. The monoisotopic (exact) mass is 247 g/mol. The molecule has 18 heavy (non-hydrogen) atoms. The minimum atomic E-state index is -0.0230. The molecular weight excluding hydrogens is 230 g/mol. The molecule has 1 aromatic heterocycles.